The number of carbonyl (C=O) groups is 1. The molecule has 18 heavy (non-hydrogen) atoms. The van der Waals surface area contributed by atoms with Gasteiger partial charge in [-0.1, -0.05) is 13.8 Å². The molecule has 0 saturated carbocycles. The summed E-state index contributed by atoms with van der Waals surface area (Å²) < 4.78 is 14.6. The molecule has 0 aliphatic carbocycles. The summed E-state index contributed by atoms with van der Waals surface area (Å²) in [6.07, 6.45) is -1.54. The standard InChI is InChI=1S/C8H18NO6P.2Na/c1-5(2)3-6(9)7(4-8(10)11)15-16(12,13)14;;/h5-7H,3-4,9H2,1-2H3,(H,10,11)(H2,12,13,14);;/q;2*+1/p-2/t6-,7-;;/m0../s1. The second kappa shape index (κ2) is 11.2. The van der Waals surface area contributed by atoms with Gasteiger partial charge in [-0.3, -0.25) is 4.79 Å². The Hall–Kier alpha value is 1.54. The van der Waals surface area contributed by atoms with Crippen LogP contribution in [0, 0.1) is 5.92 Å². The van der Waals surface area contributed by atoms with E-state index in [4.69, 9.17) is 10.8 Å². The van der Waals surface area contributed by atoms with Crippen molar-refractivity contribution < 1.29 is 87.9 Å². The van der Waals surface area contributed by atoms with Crippen molar-refractivity contribution in [1.82, 2.24) is 0 Å². The van der Waals surface area contributed by atoms with Gasteiger partial charge in [0.05, 0.1) is 20.3 Å². The van der Waals surface area contributed by atoms with E-state index in [2.05, 4.69) is 4.52 Å². The minimum Gasteiger partial charge on any atom is -0.790 e. The molecule has 0 rings (SSSR count). The van der Waals surface area contributed by atoms with E-state index in [1.165, 1.54) is 0 Å². The third-order valence-electron chi connectivity index (χ3n) is 1.86. The molecule has 0 amide bonds. The van der Waals surface area contributed by atoms with E-state index in [1.54, 1.807) is 0 Å². The molecule has 0 spiro atoms. The Bertz CT molecular complexity index is 285. The van der Waals surface area contributed by atoms with E-state index in [9.17, 15) is 19.1 Å². The van der Waals surface area contributed by atoms with Crippen molar-refractivity contribution in [2.75, 3.05) is 0 Å². The Morgan fingerprint density at radius 3 is 2.11 bits per heavy atom. The zero-order valence-electron chi connectivity index (χ0n) is 11.2. The maximum atomic E-state index is 10.5. The molecule has 0 aromatic heterocycles. The number of rotatable bonds is 7. The van der Waals surface area contributed by atoms with Crippen LogP contribution in [0.2, 0.25) is 0 Å². The number of carboxylic acid groups (broad SMARTS) is 1. The van der Waals surface area contributed by atoms with Gasteiger partial charge in [-0.15, -0.1) is 0 Å². The first-order valence-corrected chi connectivity index (χ1v) is 6.25. The van der Waals surface area contributed by atoms with Crippen molar-refractivity contribution in [3.8, 4) is 0 Å². The van der Waals surface area contributed by atoms with E-state index >= 15 is 0 Å². The summed E-state index contributed by atoms with van der Waals surface area (Å²) in [5, 5.41) is 8.53. The number of nitrogens with two attached hydrogens (primary N) is 1. The summed E-state index contributed by atoms with van der Waals surface area (Å²) in [5.74, 6) is -1.12. The predicted molar refractivity (Wildman–Crippen MR) is 52.2 cm³/mol. The van der Waals surface area contributed by atoms with Crippen LogP contribution < -0.4 is 74.6 Å². The number of hydrogen-bond acceptors (Lipinski definition) is 6. The first-order chi connectivity index (χ1) is 7.11. The molecule has 0 saturated heterocycles. The second-order valence-electron chi connectivity index (χ2n) is 3.98. The van der Waals surface area contributed by atoms with Crippen LogP contribution >= 0.6 is 7.82 Å². The number of hydrogen-bond donors (Lipinski definition) is 2. The molecule has 0 unspecified atom stereocenters. The topological polar surface area (TPSA) is 136 Å². The number of phosphoric acid groups is 1. The fourth-order valence-electron chi connectivity index (χ4n) is 1.30. The maximum absolute atomic E-state index is 10.5. The fraction of sp³-hybridized carbons (Fsp3) is 0.875. The second-order valence-corrected chi connectivity index (χ2v) is 5.09. The minimum absolute atomic E-state index is 0. The predicted octanol–water partition coefficient (Wildman–Crippen LogP) is -6.94. The Kier molecular flexibility index (Phi) is 15.3. The molecule has 0 heterocycles. The zero-order chi connectivity index (χ0) is 12.9. The number of phosphoric ester groups is 1. The average molecular weight is 299 g/mol. The van der Waals surface area contributed by atoms with Gasteiger partial charge in [0.25, 0.3) is 0 Å². The smallest absolute Gasteiger partial charge is 0.790 e. The van der Waals surface area contributed by atoms with Crippen molar-refractivity contribution in [1.29, 1.82) is 0 Å². The molecule has 2 atom stereocenters. The third-order valence-corrected chi connectivity index (χ3v) is 2.39. The largest absolute Gasteiger partial charge is 1.00 e. The quantitative estimate of drug-likeness (QED) is 0.352. The third kappa shape index (κ3) is 14.0. The molecular weight excluding hydrogens is 283 g/mol. The van der Waals surface area contributed by atoms with Gasteiger partial charge < -0.3 is 29.7 Å². The number of carboxylic acids is 1. The molecule has 7 nitrogen and oxygen atoms in total. The first kappa shape index (κ1) is 24.6. The van der Waals surface area contributed by atoms with E-state index in [1.807, 2.05) is 13.8 Å². The summed E-state index contributed by atoms with van der Waals surface area (Å²) in [6.45, 7) is 3.68. The van der Waals surface area contributed by atoms with Crippen LogP contribution in [0.15, 0.2) is 0 Å². The van der Waals surface area contributed by atoms with Gasteiger partial charge in [0, 0.05) is 6.04 Å². The van der Waals surface area contributed by atoms with E-state index in [0.717, 1.165) is 0 Å². The van der Waals surface area contributed by atoms with Crippen LogP contribution in [-0.2, 0) is 13.9 Å². The Balaban J connectivity index is -0.00000112. The normalized spacial score (nSPS) is 14.3. The van der Waals surface area contributed by atoms with Crippen LogP contribution in [0.3, 0.4) is 0 Å². The maximum Gasteiger partial charge on any atom is 1.00 e. The Morgan fingerprint density at radius 2 is 1.83 bits per heavy atom. The van der Waals surface area contributed by atoms with E-state index < -0.39 is 32.4 Å². The molecule has 0 radical (unpaired) electrons. The van der Waals surface area contributed by atoms with E-state index in [0.29, 0.717) is 6.42 Å². The molecule has 0 fully saturated rings. The minimum atomic E-state index is -5.22. The molecule has 0 aliphatic rings. The van der Waals surface area contributed by atoms with Gasteiger partial charge in [-0.2, -0.15) is 0 Å². The molecule has 3 N–H and O–H groups in total. The molecule has 0 bridgehead atoms. The van der Waals surface area contributed by atoms with Gasteiger partial charge in [-0.25, -0.2) is 0 Å². The average Bonchev–Trinajstić information content (AvgIpc) is 1.97. The van der Waals surface area contributed by atoms with Gasteiger partial charge in [0.2, 0.25) is 0 Å². The molecule has 0 aromatic carbocycles. The van der Waals surface area contributed by atoms with Crippen molar-refractivity contribution in [3.05, 3.63) is 0 Å². The van der Waals surface area contributed by atoms with Crippen LogP contribution in [0.25, 0.3) is 0 Å². The monoisotopic (exact) mass is 299 g/mol. The van der Waals surface area contributed by atoms with Gasteiger partial charge in [-0.05, 0) is 12.3 Å². The van der Waals surface area contributed by atoms with Gasteiger partial charge >= 0.3 is 65.1 Å². The SMILES string of the molecule is CC(C)C[C@H](N)[C@H](CC(=O)O)OP(=O)([O-])[O-].[Na+].[Na+]. The van der Waals surface area contributed by atoms with Crippen molar-refractivity contribution in [3.63, 3.8) is 0 Å². The van der Waals surface area contributed by atoms with Crippen molar-refractivity contribution in [2.45, 2.75) is 38.8 Å². The van der Waals surface area contributed by atoms with Crippen LogP contribution in [0.4, 0.5) is 0 Å². The number of aliphatic carboxylic acids is 1. The summed E-state index contributed by atoms with van der Waals surface area (Å²) in [5.41, 5.74) is 5.59. The zero-order valence-corrected chi connectivity index (χ0v) is 16.1. The van der Waals surface area contributed by atoms with Crippen LogP contribution in [0.1, 0.15) is 26.7 Å². The Labute approximate surface area is 151 Å². The van der Waals surface area contributed by atoms with E-state index in [-0.39, 0.29) is 65.0 Å². The Morgan fingerprint density at radius 1 is 1.39 bits per heavy atom. The van der Waals surface area contributed by atoms with Crippen LogP contribution in [-0.4, -0.2) is 23.2 Å². The molecule has 0 aliphatic heterocycles. The molecule has 0 aromatic rings. The first-order valence-electron chi connectivity index (χ1n) is 4.79. The molecule has 96 valence electrons. The summed E-state index contributed by atoms with van der Waals surface area (Å²) in [7, 11) is -5.22. The fourth-order valence-corrected chi connectivity index (χ4v) is 1.86. The summed E-state index contributed by atoms with van der Waals surface area (Å²) in [4.78, 5) is 31.3. The van der Waals surface area contributed by atoms with Gasteiger partial charge in [0.1, 0.15) is 0 Å². The van der Waals surface area contributed by atoms with Gasteiger partial charge in [0.15, 0.2) is 0 Å². The van der Waals surface area contributed by atoms with Crippen LogP contribution in [0.5, 0.6) is 0 Å². The van der Waals surface area contributed by atoms with Crippen molar-refractivity contribution >= 4 is 13.8 Å². The molecular formula is C8H16NNa2O6P. The van der Waals surface area contributed by atoms with Crippen molar-refractivity contribution in [2.24, 2.45) is 11.7 Å². The summed E-state index contributed by atoms with van der Waals surface area (Å²) >= 11 is 0. The molecule has 10 heteroatoms. The summed E-state index contributed by atoms with van der Waals surface area (Å²) in [6, 6.07) is -0.799.